The first kappa shape index (κ1) is 22.7. The molecule has 0 aliphatic carbocycles. The van der Waals surface area contributed by atoms with E-state index in [2.05, 4.69) is 5.32 Å². The van der Waals surface area contributed by atoms with Gasteiger partial charge in [-0.2, -0.15) is 4.31 Å². The second-order valence-electron chi connectivity index (χ2n) is 8.00. The number of thiophene rings is 1. The zero-order valence-electron chi connectivity index (χ0n) is 18.3. The van der Waals surface area contributed by atoms with E-state index in [0.29, 0.717) is 31.0 Å². The molecule has 3 aromatic rings. The van der Waals surface area contributed by atoms with Crippen molar-refractivity contribution in [2.75, 3.05) is 43.1 Å². The molecule has 1 aromatic heterocycles. The van der Waals surface area contributed by atoms with Crippen LogP contribution in [0.2, 0.25) is 0 Å². The van der Waals surface area contributed by atoms with E-state index >= 15 is 0 Å². The van der Waals surface area contributed by atoms with Gasteiger partial charge in [0.15, 0.2) is 0 Å². The van der Waals surface area contributed by atoms with Crippen molar-refractivity contribution in [3.05, 3.63) is 76.0 Å². The summed E-state index contributed by atoms with van der Waals surface area (Å²) < 4.78 is 32.6. The van der Waals surface area contributed by atoms with Crippen LogP contribution >= 0.6 is 11.3 Å². The molecule has 0 saturated carbocycles. The predicted molar refractivity (Wildman–Crippen MR) is 130 cm³/mol. The summed E-state index contributed by atoms with van der Waals surface area (Å²) in [5.74, 6) is -0.602. The molecule has 34 heavy (non-hydrogen) atoms. The Bertz CT molecular complexity index is 1330. The zero-order valence-corrected chi connectivity index (χ0v) is 19.9. The molecule has 8 nitrogen and oxygen atoms in total. The SMILES string of the molecule is O=C(Nc1ccc(C(=O)N2CCc3ccccc32)cc1)c1sccc1S(=O)(=O)N1CCOCC1. The minimum absolute atomic E-state index is 0.00334. The number of fused-ring (bicyclic) bond motifs is 1. The number of rotatable bonds is 5. The molecule has 3 heterocycles. The van der Waals surface area contributed by atoms with E-state index in [1.165, 1.54) is 10.4 Å². The Kier molecular flexibility index (Phi) is 6.22. The summed E-state index contributed by atoms with van der Waals surface area (Å²) in [6, 6.07) is 15.9. The summed E-state index contributed by atoms with van der Waals surface area (Å²) in [6.07, 6.45) is 0.826. The van der Waals surface area contributed by atoms with Crippen molar-refractivity contribution in [2.24, 2.45) is 0 Å². The molecule has 176 valence electrons. The molecule has 2 aliphatic heterocycles. The summed E-state index contributed by atoms with van der Waals surface area (Å²) >= 11 is 1.08. The topological polar surface area (TPSA) is 96.0 Å². The Balaban J connectivity index is 1.30. The second-order valence-corrected chi connectivity index (χ2v) is 10.8. The average molecular weight is 498 g/mol. The number of sulfonamides is 1. The number of nitrogens with zero attached hydrogens (tertiary/aromatic N) is 2. The summed E-state index contributed by atoms with van der Waals surface area (Å²) in [6.45, 7) is 1.82. The maximum Gasteiger partial charge on any atom is 0.267 e. The van der Waals surface area contributed by atoms with Gasteiger partial charge in [0.2, 0.25) is 10.0 Å². The zero-order chi connectivity index (χ0) is 23.7. The molecule has 2 aliphatic rings. The van der Waals surface area contributed by atoms with E-state index in [1.807, 2.05) is 24.3 Å². The molecule has 0 unspecified atom stereocenters. The fourth-order valence-corrected chi connectivity index (χ4v) is 6.89. The molecule has 0 spiro atoms. The first-order chi connectivity index (χ1) is 16.4. The Hall–Kier alpha value is -3.05. The number of hydrogen-bond acceptors (Lipinski definition) is 6. The van der Waals surface area contributed by atoms with E-state index in [1.54, 1.807) is 34.5 Å². The number of carbonyl (C=O) groups is 2. The lowest BCUT2D eigenvalue weighted by Gasteiger charge is -2.26. The first-order valence-corrected chi connectivity index (χ1v) is 13.2. The molecule has 0 radical (unpaired) electrons. The summed E-state index contributed by atoms with van der Waals surface area (Å²) in [5.41, 5.74) is 3.07. The lowest BCUT2D eigenvalue weighted by atomic mass is 10.1. The van der Waals surface area contributed by atoms with Crippen molar-refractivity contribution < 1.29 is 22.7 Å². The molecule has 0 atom stereocenters. The molecular weight excluding hydrogens is 474 g/mol. The van der Waals surface area contributed by atoms with Gasteiger partial charge >= 0.3 is 0 Å². The van der Waals surface area contributed by atoms with Gasteiger partial charge in [-0.1, -0.05) is 18.2 Å². The number of anilines is 2. The van der Waals surface area contributed by atoms with E-state index in [9.17, 15) is 18.0 Å². The van der Waals surface area contributed by atoms with E-state index in [0.717, 1.165) is 29.0 Å². The minimum Gasteiger partial charge on any atom is -0.379 e. The van der Waals surface area contributed by atoms with Crippen LogP contribution in [0.3, 0.4) is 0 Å². The molecular formula is C24H23N3O5S2. The molecule has 1 fully saturated rings. The predicted octanol–water partition coefficient (Wildman–Crippen LogP) is 3.22. The van der Waals surface area contributed by atoms with Crippen LogP contribution in [-0.2, 0) is 21.2 Å². The van der Waals surface area contributed by atoms with Gasteiger partial charge in [-0.3, -0.25) is 9.59 Å². The van der Waals surface area contributed by atoms with Crippen LogP contribution in [0.4, 0.5) is 11.4 Å². The normalized spacial score (nSPS) is 16.3. The number of para-hydroxylation sites is 1. The van der Waals surface area contributed by atoms with Gasteiger partial charge in [0.25, 0.3) is 11.8 Å². The van der Waals surface area contributed by atoms with Crippen LogP contribution in [0.1, 0.15) is 25.6 Å². The summed E-state index contributed by atoms with van der Waals surface area (Å²) in [7, 11) is -3.79. The number of nitrogens with one attached hydrogen (secondary N) is 1. The van der Waals surface area contributed by atoms with Crippen LogP contribution in [0.5, 0.6) is 0 Å². The highest BCUT2D eigenvalue weighted by Crippen LogP contribution is 2.30. The fraction of sp³-hybridized carbons (Fsp3) is 0.250. The van der Waals surface area contributed by atoms with Crippen molar-refractivity contribution in [1.82, 2.24) is 4.31 Å². The highest BCUT2D eigenvalue weighted by molar-refractivity contribution is 7.89. The summed E-state index contributed by atoms with van der Waals surface area (Å²) in [4.78, 5) is 27.8. The smallest absolute Gasteiger partial charge is 0.267 e. The third-order valence-corrected chi connectivity index (χ3v) is 8.93. The van der Waals surface area contributed by atoms with Crippen LogP contribution < -0.4 is 10.2 Å². The molecule has 1 N–H and O–H groups in total. The second kappa shape index (κ2) is 9.30. The minimum atomic E-state index is -3.79. The third kappa shape index (κ3) is 4.25. The molecule has 2 aromatic carbocycles. The van der Waals surface area contributed by atoms with Crippen molar-refractivity contribution in [3.8, 4) is 0 Å². The largest absolute Gasteiger partial charge is 0.379 e. The quantitative estimate of drug-likeness (QED) is 0.584. The monoisotopic (exact) mass is 497 g/mol. The van der Waals surface area contributed by atoms with Gasteiger partial charge in [-0.05, 0) is 53.8 Å². The van der Waals surface area contributed by atoms with Gasteiger partial charge in [0.05, 0.1) is 13.2 Å². The van der Waals surface area contributed by atoms with Crippen LogP contribution in [-0.4, -0.2) is 57.4 Å². The molecule has 10 heteroatoms. The number of benzene rings is 2. The van der Waals surface area contributed by atoms with Crippen LogP contribution in [0, 0.1) is 0 Å². The number of ether oxygens (including phenoxy) is 1. The number of amides is 2. The van der Waals surface area contributed by atoms with Crippen molar-refractivity contribution in [3.63, 3.8) is 0 Å². The van der Waals surface area contributed by atoms with E-state index in [-0.39, 0.29) is 28.8 Å². The molecule has 2 amide bonds. The highest BCUT2D eigenvalue weighted by Gasteiger charge is 2.31. The van der Waals surface area contributed by atoms with Gasteiger partial charge in [-0.25, -0.2) is 8.42 Å². The van der Waals surface area contributed by atoms with E-state index in [4.69, 9.17) is 4.74 Å². The average Bonchev–Trinajstić information content (AvgIpc) is 3.53. The number of hydrogen-bond donors (Lipinski definition) is 1. The van der Waals surface area contributed by atoms with Gasteiger partial charge in [-0.15, -0.1) is 11.3 Å². The Morgan fingerprint density at radius 1 is 0.941 bits per heavy atom. The first-order valence-electron chi connectivity index (χ1n) is 10.9. The lowest BCUT2D eigenvalue weighted by Crippen LogP contribution is -2.41. The molecule has 0 bridgehead atoms. The van der Waals surface area contributed by atoms with Gasteiger partial charge in [0, 0.05) is 36.6 Å². The standard InChI is InChI=1S/C24H23N3O5S2/c28-23(22-21(10-16-33-22)34(30,31)26-12-14-32-15-13-26)25-19-7-5-18(6-8-19)24(29)27-11-9-17-3-1-2-4-20(17)27/h1-8,10,16H,9,11-15H2,(H,25,28). The van der Waals surface area contributed by atoms with Crippen molar-refractivity contribution >= 4 is 44.5 Å². The van der Waals surface area contributed by atoms with Gasteiger partial charge in [0.1, 0.15) is 9.77 Å². The fourth-order valence-electron chi connectivity index (χ4n) is 4.18. The maximum atomic E-state index is 13.0. The van der Waals surface area contributed by atoms with Crippen molar-refractivity contribution in [2.45, 2.75) is 11.3 Å². The van der Waals surface area contributed by atoms with Crippen LogP contribution in [0.25, 0.3) is 0 Å². The third-order valence-electron chi connectivity index (χ3n) is 5.95. The maximum absolute atomic E-state index is 13.0. The molecule has 1 saturated heterocycles. The highest BCUT2D eigenvalue weighted by atomic mass is 32.2. The number of morpholine rings is 1. The summed E-state index contributed by atoms with van der Waals surface area (Å²) in [5, 5.41) is 4.35. The Morgan fingerprint density at radius 2 is 1.68 bits per heavy atom. The molecule has 5 rings (SSSR count). The van der Waals surface area contributed by atoms with Gasteiger partial charge < -0.3 is 15.0 Å². The number of carbonyl (C=O) groups excluding carboxylic acids is 2. The van der Waals surface area contributed by atoms with E-state index < -0.39 is 15.9 Å². The van der Waals surface area contributed by atoms with Crippen molar-refractivity contribution in [1.29, 1.82) is 0 Å². The lowest BCUT2D eigenvalue weighted by molar-refractivity contribution is 0.0730. The van der Waals surface area contributed by atoms with Crippen LogP contribution in [0.15, 0.2) is 64.9 Å². The Labute approximate surface area is 201 Å². The Morgan fingerprint density at radius 3 is 2.44 bits per heavy atom.